The van der Waals surface area contributed by atoms with Crippen LogP contribution in [0.15, 0.2) is 24.3 Å². The number of hydrogen-bond donors (Lipinski definition) is 1. The smallest absolute Gasteiger partial charge is 0.224 e. The number of halogens is 1. The fourth-order valence-electron chi connectivity index (χ4n) is 2.63. The summed E-state index contributed by atoms with van der Waals surface area (Å²) in [5, 5.41) is 3.09. The summed E-state index contributed by atoms with van der Waals surface area (Å²) in [4.78, 5) is 12.6. The lowest BCUT2D eigenvalue weighted by molar-refractivity contribution is -0.120. The van der Waals surface area contributed by atoms with Crippen molar-refractivity contribution in [3.8, 4) is 0 Å². The summed E-state index contributed by atoms with van der Waals surface area (Å²) in [7, 11) is 0. The summed E-state index contributed by atoms with van der Waals surface area (Å²) in [6, 6.07) is 8.09. The van der Waals surface area contributed by atoms with Crippen molar-refractivity contribution >= 4 is 21.8 Å². The summed E-state index contributed by atoms with van der Waals surface area (Å²) in [6.45, 7) is 2.89. The molecule has 1 saturated carbocycles. The average Bonchev–Trinajstić information content (AvgIpc) is 2.41. The summed E-state index contributed by atoms with van der Waals surface area (Å²) in [5.41, 5.74) is 2.32. The van der Waals surface area contributed by atoms with Gasteiger partial charge in [-0.25, -0.2) is 0 Å². The number of rotatable bonds is 4. The van der Waals surface area contributed by atoms with Gasteiger partial charge < -0.3 is 5.32 Å². The van der Waals surface area contributed by atoms with Crippen molar-refractivity contribution in [2.45, 2.75) is 43.9 Å². The first kappa shape index (κ1) is 14.6. The van der Waals surface area contributed by atoms with E-state index in [1.54, 1.807) is 0 Å². The lowest BCUT2D eigenvalue weighted by Crippen LogP contribution is -2.32. The average molecular weight is 324 g/mol. The van der Waals surface area contributed by atoms with Gasteiger partial charge in [-0.15, -0.1) is 0 Å². The van der Waals surface area contributed by atoms with Crippen LogP contribution in [-0.2, 0) is 11.2 Å². The third-order valence-electron chi connectivity index (χ3n) is 3.98. The Bertz CT molecular complexity index is 425. The molecule has 2 rings (SSSR count). The fraction of sp³-hybridized carbons (Fsp3) is 0.562. The molecule has 0 radical (unpaired) electrons. The van der Waals surface area contributed by atoms with Crippen LogP contribution in [0.4, 0.5) is 0 Å². The van der Waals surface area contributed by atoms with Crippen LogP contribution < -0.4 is 5.32 Å². The number of alkyl halides is 1. The van der Waals surface area contributed by atoms with Crippen molar-refractivity contribution in [2.75, 3.05) is 6.54 Å². The topological polar surface area (TPSA) is 29.1 Å². The Labute approximate surface area is 124 Å². The molecule has 1 N–H and O–H groups in total. The molecule has 3 heteroatoms. The van der Waals surface area contributed by atoms with Crippen molar-refractivity contribution < 1.29 is 4.79 Å². The second kappa shape index (κ2) is 7.09. The number of carbonyl (C=O) groups is 1. The zero-order valence-corrected chi connectivity index (χ0v) is 13.1. The van der Waals surface area contributed by atoms with Gasteiger partial charge in [0.15, 0.2) is 0 Å². The van der Waals surface area contributed by atoms with Gasteiger partial charge in [-0.1, -0.05) is 40.2 Å². The molecule has 0 saturated heterocycles. The standard InChI is InChI=1S/C16H22BrNO/c1-12-4-2-3-5-14(12)10-16(19)18-11-13-6-8-15(17)9-7-13/h2-5,13,15H,6-11H2,1H3,(H,18,19). The Kier molecular flexibility index (Phi) is 5.44. The van der Waals surface area contributed by atoms with Gasteiger partial charge in [0.1, 0.15) is 0 Å². The third-order valence-corrected chi connectivity index (χ3v) is 4.89. The first-order valence-electron chi connectivity index (χ1n) is 7.10. The SMILES string of the molecule is Cc1ccccc1CC(=O)NCC1CCC(Br)CC1. The van der Waals surface area contributed by atoms with Crippen molar-refractivity contribution in [2.24, 2.45) is 5.92 Å². The molecule has 1 aromatic carbocycles. The van der Waals surface area contributed by atoms with Crippen LogP contribution in [0.2, 0.25) is 0 Å². The van der Waals surface area contributed by atoms with E-state index in [-0.39, 0.29) is 5.91 Å². The van der Waals surface area contributed by atoms with Crippen molar-refractivity contribution in [3.63, 3.8) is 0 Å². The van der Waals surface area contributed by atoms with Crippen LogP contribution in [0.1, 0.15) is 36.8 Å². The molecule has 0 aromatic heterocycles. The Morgan fingerprint density at radius 2 is 1.95 bits per heavy atom. The molecule has 0 heterocycles. The van der Waals surface area contributed by atoms with E-state index >= 15 is 0 Å². The van der Waals surface area contributed by atoms with Gasteiger partial charge in [0.2, 0.25) is 5.91 Å². The molecule has 0 spiro atoms. The molecule has 2 nitrogen and oxygen atoms in total. The van der Waals surface area contributed by atoms with Gasteiger partial charge in [-0.3, -0.25) is 4.79 Å². The minimum Gasteiger partial charge on any atom is -0.356 e. The molecule has 0 atom stereocenters. The lowest BCUT2D eigenvalue weighted by atomic mass is 9.89. The highest BCUT2D eigenvalue weighted by atomic mass is 79.9. The minimum atomic E-state index is 0.148. The van der Waals surface area contributed by atoms with E-state index in [0.717, 1.165) is 12.1 Å². The largest absolute Gasteiger partial charge is 0.356 e. The molecule has 0 unspecified atom stereocenters. The van der Waals surface area contributed by atoms with Gasteiger partial charge >= 0.3 is 0 Å². The normalized spacial score (nSPS) is 23.1. The highest BCUT2D eigenvalue weighted by Crippen LogP contribution is 2.28. The van der Waals surface area contributed by atoms with Crippen LogP contribution >= 0.6 is 15.9 Å². The molecular weight excluding hydrogens is 302 g/mol. The van der Waals surface area contributed by atoms with Gasteiger partial charge in [0.25, 0.3) is 0 Å². The monoisotopic (exact) mass is 323 g/mol. The molecule has 0 bridgehead atoms. The molecule has 1 amide bonds. The number of benzene rings is 1. The minimum absolute atomic E-state index is 0.148. The molecule has 1 aliphatic rings. The number of nitrogens with one attached hydrogen (secondary N) is 1. The second-order valence-corrected chi connectivity index (χ2v) is 6.82. The van der Waals surface area contributed by atoms with E-state index in [9.17, 15) is 4.79 Å². The quantitative estimate of drug-likeness (QED) is 0.842. The highest BCUT2D eigenvalue weighted by molar-refractivity contribution is 9.09. The number of aryl methyl sites for hydroxylation is 1. The predicted molar refractivity (Wildman–Crippen MR) is 82.6 cm³/mol. The van der Waals surface area contributed by atoms with Crippen LogP contribution in [0.5, 0.6) is 0 Å². The maximum atomic E-state index is 12.0. The summed E-state index contributed by atoms with van der Waals surface area (Å²) in [5.74, 6) is 0.810. The molecule has 1 aliphatic carbocycles. The van der Waals surface area contributed by atoms with Crippen LogP contribution in [0, 0.1) is 12.8 Å². The Balaban J connectivity index is 1.74. The van der Waals surface area contributed by atoms with Crippen LogP contribution in [-0.4, -0.2) is 17.3 Å². The number of carbonyl (C=O) groups excluding carboxylic acids is 1. The van der Waals surface area contributed by atoms with E-state index in [4.69, 9.17) is 0 Å². The lowest BCUT2D eigenvalue weighted by Gasteiger charge is -2.25. The fourth-order valence-corrected chi connectivity index (χ4v) is 3.16. The first-order valence-corrected chi connectivity index (χ1v) is 8.02. The Morgan fingerprint density at radius 3 is 2.63 bits per heavy atom. The molecule has 1 fully saturated rings. The van der Waals surface area contributed by atoms with E-state index < -0.39 is 0 Å². The summed E-state index contributed by atoms with van der Waals surface area (Å²) in [6.07, 6.45) is 5.41. The predicted octanol–water partition coefficient (Wildman–Crippen LogP) is 3.61. The van der Waals surface area contributed by atoms with E-state index in [2.05, 4.69) is 34.2 Å². The zero-order chi connectivity index (χ0) is 13.7. The van der Waals surface area contributed by atoms with E-state index in [1.165, 1.54) is 31.2 Å². The number of hydrogen-bond acceptors (Lipinski definition) is 1. The number of amides is 1. The maximum absolute atomic E-state index is 12.0. The highest BCUT2D eigenvalue weighted by Gasteiger charge is 2.19. The Morgan fingerprint density at radius 1 is 1.26 bits per heavy atom. The van der Waals surface area contributed by atoms with Crippen molar-refractivity contribution in [1.29, 1.82) is 0 Å². The van der Waals surface area contributed by atoms with Gasteiger partial charge in [0, 0.05) is 11.4 Å². The molecule has 1 aromatic rings. The third kappa shape index (κ3) is 4.64. The summed E-state index contributed by atoms with van der Waals surface area (Å²) >= 11 is 3.66. The van der Waals surface area contributed by atoms with E-state index in [0.29, 0.717) is 17.2 Å². The van der Waals surface area contributed by atoms with Gasteiger partial charge in [-0.2, -0.15) is 0 Å². The molecule has 19 heavy (non-hydrogen) atoms. The van der Waals surface area contributed by atoms with Gasteiger partial charge in [0.05, 0.1) is 6.42 Å². The molecule has 0 aliphatic heterocycles. The zero-order valence-electron chi connectivity index (χ0n) is 11.5. The van der Waals surface area contributed by atoms with Gasteiger partial charge in [-0.05, 0) is 49.7 Å². The first-order chi connectivity index (χ1) is 9.15. The second-order valence-electron chi connectivity index (χ2n) is 5.53. The molecule has 104 valence electrons. The van der Waals surface area contributed by atoms with Crippen LogP contribution in [0.25, 0.3) is 0 Å². The Hall–Kier alpha value is -0.830. The van der Waals surface area contributed by atoms with Crippen LogP contribution in [0.3, 0.4) is 0 Å². The maximum Gasteiger partial charge on any atom is 0.224 e. The summed E-state index contributed by atoms with van der Waals surface area (Å²) < 4.78 is 0. The van der Waals surface area contributed by atoms with Crippen molar-refractivity contribution in [3.05, 3.63) is 35.4 Å². The van der Waals surface area contributed by atoms with Crippen molar-refractivity contribution in [1.82, 2.24) is 5.32 Å². The van der Waals surface area contributed by atoms with E-state index in [1.807, 2.05) is 18.2 Å². The molecular formula is C16H22BrNO.